The van der Waals surface area contributed by atoms with Crippen LogP contribution in [0, 0.1) is 26.6 Å². The molecule has 0 aromatic heterocycles. The van der Waals surface area contributed by atoms with E-state index in [9.17, 15) is 4.39 Å². The summed E-state index contributed by atoms with van der Waals surface area (Å²) in [6, 6.07) is 12.0. The molecule has 2 heteroatoms. The molecule has 0 radical (unpaired) electrons. The van der Waals surface area contributed by atoms with Crippen LogP contribution in [0.2, 0.25) is 0 Å². The van der Waals surface area contributed by atoms with Crippen molar-refractivity contribution >= 4 is 0 Å². The molecule has 0 amide bonds. The van der Waals surface area contributed by atoms with Gasteiger partial charge in [-0.3, -0.25) is 0 Å². The molecule has 0 heterocycles. The summed E-state index contributed by atoms with van der Waals surface area (Å²) in [7, 11) is 1.99. The van der Waals surface area contributed by atoms with E-state index in [4.69, 9.17) is 0 Å². The Morgan fingerprint density at radius 1 is 0.905 bits per heavy atom. The standard InChI is InChI=1S/C19H24FN/c1-13-5-6-14(2)17(9-13)12-19(21-4)11-16-7-8-18(20)10-15(16)3/h5-10,19,21H,11-12H2,1-4H3. The molecule has 21 heavy (non-hydrogen) atoms. The van der Waals surface area contributed by atoms with Crippen LogP contribution in [0.25, 0.3) is 0 Å². The molecule has 2 rings (SSSR count). The second kappa shape index (κ2) is 6.86. The average molecular weight is 285 g/mol. The zero-order chi connectivity index (χ0) is 15.4. The third-order valence-electron chi connectivity index (χ3n) is 4.15. The Kier molecular flexibility index (Phi) is 5.13. The minimum atomic E-state index is -0.160. The highest BCUT2D eigenvalue weighted by Gasteiger charge is 2.12. The van der Waals surface area contributed by atoms with Crippen molar-refractivity contribution in [3.63, 3.8) is 0 Å². The molecule has 1 N–H and O–H groups in total. The number of halogens is 1. The van der Waals surface area contributed by atoms with Gasteiger partial charge in [0.1, 0.15) is 5.82 Å². The van der Waals surface area contributed by atoms with E-state index < -0.39 is 0 Å². The third-order valence-corrected chi connectivity index (χ3v) is 4.15. The van der Waals surface area contributed by atoms with Gasteiger partial charge in [-0.25, -0.2) is 4.39 Å². The van der Waals surface area contributed by atoms with Crippen LogP contribution in [0.15, 0.2) is 36.4 Å². The van der Waals surface area contributed by atoms with E-state index in [0.29, 0.717) is 6.04 Å². The number of benzene rings is 2. The zero-order valence-electron chi connectivity index (χ0n) is 13.3. The number of hydrogen-bond acceptors (Lipinski definition) is 1. The zero-order valence-corrected chi connectivity index (χ0v) is 13.3. The molecule has 0 aliphatic carbocycles. The number of rotatable bonds is 5. The molecule has 0 fully saturated rings. The van der Waals surface area contributed by atoms with Gasteiger partial charge in [0.05, 0.1) is 0 Å². The summed E-state index contributed by atoms with van der Waals surface area (Å²) in [4.78, 5) is 0. The maximum Gasteiger partial charge on any atom is 0.123 e. The van der Waals surface area contributed by atoms with E-state index in [-0.39, 0.29) is 5.82 Å². The molecule has 0 aliphatic rings. The van der Waals surface area contributed by atoms with Crippen LogP contribution in [0.1, 0.15) is 27.8 Å². The van der Waals surface area contributed by atoms with E-state index in [1.54, 1.807) is 12.1 Å². The lowest BCUT2D eigenvalue weighted by molar-refractivity contribution is 0.552. The first-order valence-electron chi connectivity index (χ1n) is 7.48. The Labute approximate surface area is 127 Å². The lowest BCUT2D eigenvalue weighted by Crippen LogP contribution is -2.30. The predicted molar refractivity (Wildman–Crippen MR) is 87.3 cm³/mol. The average Bonchev–Trinajstić information content (AvgIpc) is 2.44. The highest BCUT2D eigenvalue weighted by atomic mass is 19.1. The molecule has 0 aliphatic heterocycles. The first-order valence-corrected chi connectivity index (χ1v) is 7.48. The van der Waals surface area contributed by atoms with Crippen molar-refractivity contribution in [2.24, 2.45) is 0 Å². The van der Waals surface area contributed by atoms with Gasteiger partial charge in [-0.2, -0.15) is 0 Å². The van der Waals surface area contributed by atoms with Gasteiger partial charge in [-0.05, 0) is 75.0 Å². The normalized spacial score (nSPS) is 12.4. The Morgan fingerprint density at radius 3 is 2.29 bits per heavy atom. The number of nitrogens with one attached hydrogen (secondary N) is 1. The van der Waals surface area contributed by atoms with Crippen molar-refractivity contribution in [2.75, 3.05) is 7.05 Å². The smallest absolute Gasteiger partial charge is 0.123 e. The lowest BCUT2D eigenvalue weighted by Gasteiger charge is -2.19. The van der Waals surface area contributed by atoms with Crippen molar-refractivity contribution in [3.05, 3.63) is 70.0 Å². The quantitative estimate of drug-likeness (QED) is 0.871. The van der Waals surface area contributed by atoms with Crippen LogP contribution in [0.5, 0.6) is 0 Å². The second-order valence-corrected chi connectivity index (χ2v) is 5.89. The summed E-state index contributed by atoms with van der Waals surface area (Å²) in [6.07, 6.45) is 1.90. The molecule has 0 saturated carbocycles. The molecule has 1 atom stereocenters. The predicted octanol–water partition coefficient (Wildman–Crippen LogP) is 4.12. The van der Waals surface area contributed by atoms with Crippen LogP contribution in [-0.2, 0) is 12.8 Å². The number of aryl methyl sites for hydroxylation is 3. The first-order chi connectivity index (χ1) is 9.99. The van der Waals surface area contributed by atoms with Crippen molar-refractivity contribution < 1.29 is 4.39 Å². The fraction of sp³-hybridized carbons (Fsp3) is 0.368. The highest BCUT2D eigenvalue weighted by Crippen LogP contribution is 2.17. The molecule has 112 valence electrons. The van der Waals surface area contributed by atoms with E-state index in [1.807, 2.05) is 20.0 Å². The van der Waals surface area contributed by atoms with Gasteiger partial charge in [0.2, 0.25) is 0 Å². The van der Waals surface area contributed by atoms with Crippen molar-refractivity contribution in [3.8, 4) is 0 Å². The fourth-order valence-electron chi connectivity index (χ4n) is 2.72. The van der Waals surface area contributed by atoms with Gasteiger partial charge in [0, 0.05) is 6.04 Å². The Bertz CT molecular complexity index is 619. The van der Waals surface area contributed by atoms with Crippen LogP contribution in [0.4, 0.5) is 4.39 Å². The van der Waals surface area contributed by atoms with Crippen molar-refractivity contribution in [1.29, 1.82) is 0 Å². The van der Waals surface area contributed by atoms with E-state index in [1.165, 1.54) is 22.3 Å². The molecule has 0 bridgehead atoms. The first kappa shape index (κ1) is 15.7. The third kappa shape index (κ3) is 4.15. The van der Waals surface area contributed by atoms with Crippen LogP contribution in [0.3, 0.4) is 0 Å². The summed E-state index contributed by atoms with van der Waals surface area (Å²) in [6.45, 7) is 6.26. The van der Waals surface area contributed by atoms with E-state index >= 15 is 0 Å². The minimum Gasteiger partial charge on any atom is -0.316 e. The summed E-state index contributed by atoms with van der Waals surface area (Å²) < 4.78 is 13.2. The molecule has 0 spiro atoms. The van der Waals surface area contributed by atoms with Gasteiger partial charge in [-0.1, -0.05) is 29.8 Å². The van der Waals surface area contributed by atoms with Crippen LogP contribution in [-0.4, -0.2) is 13.1 Å². The Hall–Kier alpha value is -1.67. The number of hydrogen-bond donors (Lipinski definition) is 1. The lowest BCUT2D eigenvalue weighted by atomic mass is 9.93. The molecular formula is C19H24FN. The van der Waals surface area contributed by atoms with E-state index in [2.05, 4.69) is 37.4 Å². The molecular weight excluding hydrogens is 261 g/mol. The van der Waals surface area contributed by atoms with Gasteiger partial charge in [0.15, 0.2) is 0 Å². The molecule has 0 saturated heterocycles. The summed E-state index contributed by atoms with van der Waals surface area (Å²) in [5.41, 5.74) is 6.24. The van der Waals surface area contributed by atoms with Gasteiger partial charge < -0.3 is 5.32 Å². The van der Waals surface area contributed by atoms with Crippen molar-refractivity contribution in [1.82, 2.24) is 5.32 Å². The monoisotopic (exact) mass is 285 g/mol. The fourth-order valence-corrected chi connectivity index (χ4v) is 2.72. The molecule has 2 aromatic carbocycles. The summed E-state index contributed by atoms with van der Waals surface area (Å²) in [5.74, 6) is -0.160. The maximum atomic E-state index is 13.2. The van der Waals surface area contributed by atoms with Crippen LogP contribution >= 0.6 is 0 Å². The molecule has 2 aromatic rings. The summed E-state index contributed by atoms with van der Waals surface area (Å²) in [5, 5.41) is 3.39. The van der Waals surface area contributed by atoms with Gasteiger partial charge >= 0.3 is 0 Å². The van der Waals surface area contributed by atoms with Crippen LogP contribution < -0.4 is 5.32 Å². The topological polar surface area (TPSA) is 12.0 Å². The Morgan fingerprint density at radius 2 is 1.62 bits per heavy atom. The summed E-state index contributed by atoms with van der Waals surface area (Å²) >= 11 is 0. The second-order valence-electron chi connectivity index (χ2n) is 5.89. The van der Waals surface area contributed by atoms with E-state index in [0.717, 1.165) is 18.4 Å². The van der Waals surface area contributed by atoms with Crippen molar-refractivity contribution in [2.45, 2.75) is 39.7 Å². The van der Waals surface area contributed by atoms with Gasteiger partial charge in [0.25, 0.3) is 0 Å². The SMILES string of the molecule is CNC(Cc1ccc(F)cc1C)Cc1cc(C)ccc1C. The molecule has 1 nitrogen and oxygen atoms in total. The highest BCUT2D eigenvalue weighted by molar-refractivity contribution is 5.32. The maximum absolute atomic E-state index is 13.2. The number of likely N-dealkylation sites (N-methyl/N-ethyl adjacent to an activating group) is 1. The molecule has 1 unspecified atom stereocenters. The Balaban J connectivity index is 2.14. The minimum absolute atomic E-state index is 0.160. The largest absolute Gasteiger partial charge is 0.316 e. The van der Waals surface area contributed by atoms with Gasteiger partial charge in [-0.15, -0.1) is 0 Å².